The number of unbranched alkanes of at least 4 members (excludes halogenated alkanes) is 7. The van der Waals surface area contributed by atoms with Gasteiger partial charge in [-0.05, 0) is 6.42 Å². The SMILES string of the molecule is CCCCCCCCCCOC(=O)C(CC(=O)O)S(=O)(=O)O.[H-].[H-].[Na+].[Na+]. The molecule has 0 bridgehead atoms. The van der Waals surface area contributed by atoms with Crippen molar-refractivity contribution in [2.24, 2.45) is 0 Å². The molecule has 0 saturated carbocycles. The van der Waals surface area contributed by atoms with Crippen LogP contribution in [0.4, 0.5) is 0 Å². The fraction of sp³-hybridized carbons (Fsp3) is 0.857. The van der Waals surface area contributed by atoms with E-state index in [0.29, 0.717) is 6.42 Å². The summed E-state index contributed by atoms with van der Waals surface area (Å²) < 4.78 is 35.5. The van der Waals surface area contributed by atoms with Crippen LogP contribution in [0.25, 0.3) is 0 Å². The van der Waals surface area contributed by atoms with Crippen LogP contribution in [0.2, 0.25) is 0 Å². The average Bonchev–Trinajstić information content (AvgIpc) is 2.41. The first kappa shape index (κ1) is 29.6. The van der Waals surface area contributed by atoms with Gasteiger partial charge in [0.1, 0.15) is 0 Å². The Morgan fingerprint density at radius 2 is 1.46 bits per heavy atom. The number of carbonyl (C=O) groups excluding carboxylic acids is 1. The Morgan fingerprint density at radius 1 is 1.00 bits per heavy atom. The molecule has 0 aromatic heterocycles. The summed E-state index contributed by atoms with van der Waals surface area (Å²) in [5, 5.41) is 6.49. The van der Waals surface area contributed by atoms with Gasteiger partial charge in [0.05, 0.1) is 13.0 Å². The van der Waals surface area contributed by atoms with Crippen molar-refractivity contribution in [2.45, 2.75) is 70.0 Å². The van der Waals surface area contributed by atoms with Crippen LogP contribution < -0.4 is 59.1 Å². The van der Waals surface area contributed by atoms with Gasteiger partial charge in [-0.25, -0.2) is 0 Å². The number of rotatable bonds is 13. The summed E-state index contributed by atoms with van der Waals surface area (Å²) in [5.41, 5.74) is 0. The molecule has 10 heteroatoms. The molecule has 0 rings (SSSR count). The average molecular weight is 386 g/mol. The van der Waals surface area contributed by atoms with Gasteiger partial charge in [-0.2, -0.15) is 8.42 Å². The number of ether oxygens (including phenoxy) is 1. The quantitative estimate of drug-likeness (QED) is 0.147. The number of aliphatic carboxylic acids is 1. The van der Waals surface area contributed by atoms with Gasteiger partial charge in [0.15, 0.2) is 5.25 Å². The Kier molecular flexibility index (Phi) is 21.3. The summed E-state index contributed by atoms with van der Waals surface area (Å²) in [4.78, 5) is 22.0. The zero-order valence-electron chi connectivity index (χ0n) is 17.0. The first-order valence-corrected chi connectivity index (χ1v) is 9.14. The Morgan fingerprint density at radius 3 is 1.88 bits per heavy atom. The van der Waals surface area contributed by atoms with Crippen molar-refractivity contribution >= 4 is 22.1 Å². The van der Waals surface area contributed by atoms with Gasteiger partial charge < -0.3 is 12.7 Å². The number of hydrogen-bond donors (Lipinski definition) is 2. The van der Waals surface area contributed by atoms with Crippen molar-refractivity contribution in [3.8, 4) is 0 Å². The van der Waals surface area contributed by atoms with E-state index < -0.39 is 33.7 Å². The van der Waals surface area contributed by atoms with Gasteiger partial charge in [-0.3, -0.25) is 14.1 Å². The number of carboxylic acid groups (broad SMARTS) is 1. The molecular weight excluding hydrogens is 358 g/mol. The van der Waals surface area contributed by atoms with Crippen LogP contribution >= 0.6 is 0 Å². The van der Waals surface area contributed by atoms with E-state index >= 15 is 0 Å². The summed E-state index contributed by atoms with van der Waals surface area (Å²) >= 11 is 0. The predicted octanol–water partition coefficient (Wildman–Crippen LogP) is -3.37. The van der Waals surface area contributed by atoms with Crippen LogP contribution in [-0.2, 0) is 24.4 Å². The zero-order chi connectivity index (χ0) is 17.0. The third-order valence-electron chi connectivity index (χ3n) is 3.22. The molecule has 0 aliphatic heterocycles. The summed E-state index contributed by atoms with van der Waals surface area (Å²) in [6.45, 7) is 2.18. The third kappa shape index (κ3) is 16.3. The first-order valence-electron chi connectivity index (χ1n) is 7.63. The molecule has 0 aliphatic rings. The molecule has 134 valence electrons. The molecule has 0 spiro atoms. The fourth-order valence-corrected chi connectivity index (χ4v) is 2.63. The second-order valence-electron chi connectivity index (χ2n) is 5.24. The number of esters is 1. The summed E-state index contributed by atoms with van der Waals surface area (Å²) in [7, 11) is -4.77. The van der Waals surface area contributed by atoms with Crippen LogP contribution in [0.3, 0.4) is 0 Å². The van der Waals surface area contributed by atoms with E-state index in [9.17, 15) is 18.0 Å². The Bertz CT molecular complexity index is 451. The van der Waals surface area contributed by atoms with E-state index in [1.165, 1.54) is 25.7 Å². The molecule has 7 nitrogen and oxygen atoms in total. The van der Waals surface area contributed by atoms with Gasteiger partial charge in [-0.15, -0.1) is 0 Å². The molecule has 24 heavy (non-hydrogen) atoms. The van der Waals surface area contributed by atoms with Crippen LogP contribution in [0.15, 0.2) is 0 Å². The Hall–Kier alpha value is 0.850. The first-order chi connectivity index (χ1) is 10.3. The normalized spacial score (nSPS) is 11.8. The molecule has 1 atom stereocenters. The van der Waals surface area contributed by atoms with Crippen LogP contribution in [0.5, 0.6) is 0 Å². The van der Waals surface area contributed by atoms with Crippen LogP contribution in [-0.4, -0.2) is 41.9 Å². The maximum absolute atomic E-state index is 11.5. The second-order valence-corrected chi connectivity index (χ2v) is 6.84. The van der Waals surface area contributed by atoms with Crippen molar-refractivity contribution in [3.63, 3.8) is 0 Å². The van der Waals surface area contributed by atoms with E-state index in [1.807, 2.05) is 0 Å². The molecule has 1 unspecified atom stereocenters. The molecule has 0 heterocycles. The topological polar surface area (TPSA) is 118 Å². The minimum Gasteiger partial charge on any atom is -1.00 e. The third-order valence-corrected chi connectivity index (χ3v) is 4.30. The maximum atomic E-state index is 11.5. The number of hydrogen-bond acceptors (Lipinski definition) is 5. The van der Waals surface area contributed by atoms with Crippen molar-refractivity contribution in [1.29, 1.82) is 0 Å². The van der Waals surface area contributed by atoms with Crippen LogP contribution in [0.1, 0.15) is 67.6 Å². The van der Waals surface area contributed by atoms with E-state index in [-0.39, 0.29) is 68.6 Å². The molecule has 0 fully saturated rings. The minimum absolute atomic E-state index is 0. The van der Waals surface area contributed by atoms with E-state index in [1.54, 1.807) is 0 Å². The van der Waals surface area contributed by atoms with E-state index in [2.05, 4.69) is 6.92 Å². The summed E-state index contributed by atoms with van der Waals surface area (Å²) in [6.07, 6.45) is 7.39. The summed E-state index contributed by atoms with van der Waals surface area (Å²) in [6, 6.07) is 0. The monoisotopic (exact) mass is 386 g/mol. The van der Waals surface area contributed by atoms with Crippen molar-refractivity contribution in [1.82, 2.24) is 0 Å². The van der Waals surface area contributed by atoms with Crippen molar-refractivity contribution < 1.29 is 94.4 Å². The van der Waals surface area contributed by atoms with Gasteiger partial charge in [0.25, 0.3) is 10.1 Å². The van der Waals surface area contributed by atoms with Gasteiger partial charge in [0.2, 0.25) is 0 Å². The van der Waals surface area contributed by atoms with E-state index in [4.69, 9.17) is 14.4 Å². The molecular formula is C14H28Na2O7S. The Balaban J connectivity index is -0.000000367. The van der Waals surface area contributed by atoms with Crippen molar-refractivity contribution in [2.75, 3.05) is 6.61 Å². The van der Waals surface area contributed by atoms with Crippen LogP contribution in [0, 0.1) is 0 Å². The van der Waals surface area contributed by atoms with E-state index in [0.717, 1.165) is 19.3 Å². The molecule has 0 radical (unpaired) electrons. The second kappa shape index (κ2) is 17.3. The number of carboxylic acids is 1. The molecule has 2 N–H and O–H groups in total. The van der Waals surface area contributed by atoms with Crippen molar-refractivity contribution in [3.05, 3.63) is 0 Å². The molecule has 0 aliphatic carbocycles. The Labute approximate surface area is 191 Å². The molecule has 0 aromatic rings. The van der Waals surface area contributed by atoms with Gasteiger partial charge in [-0.1, -0.05) is 51.9 Å². The largest absolute Gasteiger partial charge is 1.00 e. The minimum atomic E-state index is -4.77. The molecule has 0 amide bonds. The molecule has 0 saturated heterocycles. The predicted molar refractivity (Wildman–Crippen MR) is 83.4 cm³/mol. The molecule has 0 aromatic carbocycles. The number of carbonyl (C=O) groups is 2. The summed E-state index contributed by atoms with van der Waals surface area (Å²) in [5.74, 6) is -2.71. The fourth-order valence-electron chi connectivity index (χ4n) is 1.97. The zero-order valence-corrected chi connectivity index (χ0v) is 19.8. The maximum Gasteiger partial charge on any atom is 1.00 e. The van der Waals surface area contributed by atoms with Gasteiger partial charge >= 0.3 is 71.1 Å². The standard InChI is InChI=1S/C14H26O7S.2Na.2H/c1-2-3-4-5-6-7-8-9-10-21-14(17)12(11-13(15)16)22(18,19)20;;;;/h12H,2-11H2,1H3,(H,15,16)(H,18,19,20);;;;/q;2*+1;2*-1. The smallest absolute Gasteiger partial charge is 1.00 e. The van der Waals surface area contributed by atoms with Gasteiger partial charge in [0, 0.05) is 0 Å².